The number of carbonyl (C=O) groups excluding carboxylic acids is 1. The topological polar surface area (TPSA) is 113 Å². The van der Waals surface area contributed by atoms with E-state index in [0.717, 1.165) is 0 Å². The summed E-state index contributed by atoms with van der Waals surface area (Å²) in [6.45, 7) is 6.43. The number of nitro groups is 1. The molecule has 0 aliphatic carbocycles. The van der Waals surface area contributed by atoms with Crippen molar-refractivity contribution in [1.82, 2.24) is 9.97 Å². The van der Waals surface area contributed by atoms with Gasteiger partial charge in [-0.2, -0.15) is 0 Å². The van der Waals surface area contributed by atoms with Crippen LogP contribution in [0, 0.1) is 10.1 Å². The van der Waals surface area contributed by atoms with E-state index in [-0.39, 0.29) is 23.2 Å². The first-order valence-corrected chi connectivity index (χ1v) is 7.85. The third kappa shape index (κ3) is 4.40. The number of nitrogens with one attached hydrogen (secondary N) is 2. The van der Waals surface area contributed by atoms with Crippen LogP contribution >= 0.6 is 0 Å². The predicted molar refractivity (Wildman–Crippen MR) is 96.3 cm³/mol. The van der Waals surface area contributed by atoms with Crippen molar-refractivity contribution in [1.29, 1.82) is 0 Å². The average Bonchev–Trinajstić information content (AvgIpc) is 2.57. The van der Waals surface area contributed by atoms with Gasteiger partial charge in [0.15, 0.2) is 0 Å². The first-order valence-electron chi connectivity index (χ1n) is 7.85. The van der Waals surface area contributed by atoms with Crippen molar-refractivity contribution in [3.05, 3.63) is 40.7 Å². The summed E-state index contributed by atoms with van der Waals surface area (Å²) in [6.07, 6.45) is 1.30. The molecular weight excluding hydrogens is 324 g/mol. The molecule has 0 spiro atoms. The van der Waals surface area contributed by atoms with Crippen LogP contribution in [0.15, 0.2) is 30.6 Å². The number of rotatable bonds is 7. The van der Waals surface area contributed by atoms with Crippen molar-refractivity contribution >= 4 is 34.6 Å². The minimum atomic E-state index is -0.484. The summed E-state index contributed by atoms with van der Waals surface area (Å²) in [7, 11) is 0. The Labute approximate surface area is 145 Å². The van der Waals surface area contributed by atoms with Gasteiger partial charge < -0.3 is 15.5 Å². The van der Waals surface area contributed by atoms with E-state index in [9.17, 15) is 14.9 Å². The summed E-state index contributed by atoms with van der Waals surface area (Å²) >= 11 is 0. The Morgan fingerprint density at radius 2 is 1.76 bits per heavy atom. The molecule has 0 bridgehead atoms. The molecule has 1 amide bonds. The second-order valence-electron chi connectivity index (χ2n) is 5.21. The molecule has 1 heterocycles. The Hall–Kier alpha value is -3.23. The van der Waals surface area contributed by atoms with Crippen LogP contribution in [0.2, 0.25) is 0 Å². The zero-order valence-electron chi connectivity index (χ0n) is 14.3. The first-order chi connectivity index (χ1) is 12.0. The van der Waals surface area contributed by atoms with Gasteiger partial charge in [-0.3, -0.25) is 14.9 Å². The Morgan fingerprint density at radius 1 is 1.16 bits per heavy atom. The minimum absolute atomic E-state index is 0.120. The quantitative estimate of drug-likeness (QED) is 0.586. The summed E-state index contributed by atoms with van der Waals surface area (Å²) in [4.78, 5) is 32.0. The highest BCUT2D eigenvalue weighted by Crippen LogP contribution is 2.33. The van der Waals surface area contributed by atoms with E-state index < -0.39 is 4.92 Å². The summed E-state index contributed by atoms with van der Waals surface area (Å²) in [6, 6.07) is 6.80. The molecule has 1 aromatic carbocycles. The standard InChI is InChI=1S/C16H20N6O3/c1-4-21(5-2)16-14(22(24)25)15(17-10-18-16)20-13-8-6-12(7-9-13)19-11(3)23/h6-10H,4-5H2,1-3H3,(H,19,23)(H,17,18,20). The zero-order valence-corrected chi connectivity index (χ0v) is 14.3. The van der Waals surface area contributed by atoms with E-state index in [2.05, 4.69) is 20.6 Å². The Bertz CT molecular complexity index is 759. The van der Waals surface area contributed by atoms with E-state index in [1.807, 2.05) is 13.8 Å². The monoisotopic (exact) mass is 344 g/mol. The van der Waals surface area contributed by atoms with Gasteiger partial charge in [-0.25, -0.2) is 9.97 Å². The maximum absolute atomic E-state index is 11.6. The lowest BCUT2D eigenvalue weighted by atomic mass is 10.2. The smallest absolute Gasteiger partial charge is 0.351 e. The van der Waals surface area contributed by atoms with Gasteiger partial charge in [-0.05, 0) is 38.1 Å². The fourth-order valence-electron chi connectivity index (χ4n) is 2.36. The molecule has 0 unspecified atom stereocenters. The molecule has 0 saturated carbocycles. The molecule has 9 nitrogen and oxygen atoms in total. The van der Waals surface area contributed by atoms with Gasteiger partial charge in [-0.15, -0.1) is 0 Å². The summed E-state index contributed by atoms with van der Waals surface area (Å²) < 4.78 is 0. The molecule has 2 N–H and O–H groups in total. The van der Waals surface area contributed by atoms with Crippen LogP contribution in [0.5, 0.6) is 0 Å². The van der Waals surface area contributed by atoms with Crippen LogP contribution in [-0.4, -0.2) is 33.9 Å². The van der Waals surface area contributed by atoms with Crippen molar-refractivity contribution in [2.75, 3.05) is 28.6 Å². The third-order valence-corrected chi connectivity index (χ3v) is 3.52. The number of carbonyl (C=O) groups is 1. The van der Waals surface area contributed by atoms with Crippen molar-refractivity contribution in [2.24, 2.45) is 0 Å². The minimum Gasteiger partial charge on any atom is -0.351 e. The lowest BCUT2D eigenvalue weighted by molar-refractivity contribution is -0.383. The molecule has 1 aromatic heterocycles. The third-order valence-electron chi connectivity index (χ3n) is 3.52. The Morgan fingerprint density at radius 3 is 2.28 bits per heavy atom. The Balaban J connectivity index is 2.34. The predicted octanol–water partition coefficient (Wildman–Crippen LogP) is 2.93. The molecule has 0 fully saturated rings. The number of hydrogen-bond acceptors (Lipinski definition) is 7. The van der Waals surface area contributed by atoms with Crippen LogP contribution in [0.1, 0.15) is 20.8 Å². The van der Waals surface area contributed by atoms with Crippen LogP contribution in [0.3, 0.4) is 0 Å². The van der Waals surface area contributed by atoms with Gasteiger partial charge >= 0.3 is 5.69 Å². The number of nitrogens with zero attached hydrogens (tertiary/aromatic N) is 4. The molecule has 0 aliphatic rings. The second-order valence-corrected chi connectivity index (χ2v) is 5.21. The number of aromatic nitrogens is 2. The molecule has 0 radical (unpaired) electrons. The van der Waals surface area contributed by atoms with Gasteiger partial charge in [0.2, 0.25) is 17.5 Å². The summed E-state index contributed by atoms with van der Waals surface area (Å²) in [5.74, 6) is 0.229. The summed E-state index contributed by atoms with van der Waals surface area (Å²) in [5.41, 5.74) is 1.08. The lowest BCUT2D eigenvalue weighted by Crippen LogP contribution is -2.24. The molecule has 2 aromatic rings. The first kappa shape index (κ1) is 18.1. The zero-order chi connectivity index (χ0) is 18.4. The van der Waals surface area contributed by atoms with Crippen LogP contribution in [-0.2, 0) is 4.79 Å². The number of hydrogen-bond donors (Lipinski definition) is 2. The van der Waals surface area contributed by atoms with Gasteiger partial charge in [-0.1, -0.05) is 0 Å². The van der Waals surface area contributed by atoms with Crippen molar-refractivity contribution < 1.29 is 9.72 Å². The molecule has 132 valence electrons. The highest BCUT2D eigenvalue weighted by Gasteiger charge is 2.26. The molecule has 2 rings (SSSR count). The molecule has 0 saturated heterocycles. The summed E-state index contributed by atoms with van der Waals surface area (Å²) in [5, 5.41) is 17.2. The van der Waals surface area contributed by atoms with Crippen molar-refractivity contribution in [3.63, 3.8) is 0 Å². The van der Waals surface area contributed by atoms with E-state index in [4.69, 9.17) is 0 Å². The van der Waals surface area contributed by atoms with Crippen molar-refractivity contribution in [2.45, 2.75) is 20.8 Å². The number of amides is 1. The molecular formula is C16H20N6O3. The van der Waals surface area contributed by atoms with Gasteiger partial charge in [0.05, 0.1) is 4.92 Å². The van der Waals surface area contributed by atoms with Crippen LogP contribution in [0.25, 0.3) is 0 Å². The fraction of sp³-hybridized carbons (Fsp3) is 0.312. The number of anilines is 4. The van der Waals surface area contributed by atoms with E-state index >= 15 is 0 Å². The van der Waals surface area contributed by atoms with Crippen molar-refractivity contribution in [3.8, 4) is 0 Å². The highest BCUT2D eigenvalue weighted by molar-refractivity contribution is 5.89. The van der Waals surface area contributed by atoms with Gasteiger partial charge in [0, 0.05) is 31.4 Å². The second kappa shape index (κ2) is 8.04. The number of benzene rings is 1. The Kier molecular flexibility index (Phi) is 5.83. The van der Waals surface area contributed by atoms with Gasteiger partial charge in [0.25, 0.3) is 0 Å². The largest absolute Gasteiger partial charge is 0.353 e. The maximum Gasteiger partial charge on any atom is 0.353 e. The lowest BCUT2D eigenvalue weighted by Gasteiger charge is -2.20. The van der Waals surface area contributed by atoms with Gasteiger partial charge in [0.1, 0.15) is 6.33 Å². The van der Waals surface area contributed by atoms with E-state index in [0.29, 0.717) is 24.5 Å². The van der Waals surface area contributed by atoms with Crippen LogP contribution < -0.4 is 15.5 Å². The molecule has 25 heavy (non-hydrogen) atoms. The molecule has 0 atom stereocenters. The average molecular weight is 344 g/mol. The molecule has 9 heteroatoms. The SMILES string of the molecule is CCN(CC)c1ncnc(Nc2ccc(NC(C)=O)cc2)c1[N+](=O)[O-]. The molecule has 0 aliphatic heterocycles. The van der Waals surface area contributed by atoms with E-state index in [1.165, 1.54) is 13.3 Å². The van der Waals surface area contributed by atoms with Crippen LogP contribution in [0.4, 0.5) is 28.7 Å². The normalized spacial score (nSPS) is 10.2. The highest BCUT2D eigenvalue weighted by atomic mass is 16.6. The van der Waals surface area contributed by atoms with E-state index in [1.54, 1.807) is 29.2 Å². The maximum atomic E-state index is 11.6. The fourth-order valence-corrected chi connectivity index (χ4v) is 2.36.